The second-order valence-corrected chi connectivity index (χ2v) is 8.27. The number of carbonyl (C=O) groups is 1. The zero-order chi connectivity index (χ0) is 22.7. The number of carbonyl (C=O) groups excluding carboxylic acids is 1. The van der Waals surface area contributed by atoms with E-state index in [1.807, 2.05) is 26.0 Å². The van der Waals surface area contributed by atoms with Crippen molar-refractivity contribution in [2.45, 2.75) is 52.0 Å². The van der Waals surface area contributed by atoms with Crippen LogP contribution in [0.3, 0.4) is 0 Å². The fourth-order valence-electron chi connectivity index (χ4n) is 4.28. The topological polar surface area (TPSA) is 73.2 Å². The first-order valence-corrected chi connectivity index (χ1v) is 11.2. The van der Waals surface area contributed by atoms with Gasteiger partial charge in [0.15, 0.2) is 0 Å². The van der Waals surface area contributed by atoms with Crippen LogP contribution in [-0.2, 0) is 17.6 Å². The molecular formula is C26H29N3O3. The van der Waals surface area contributed by atoms with Gasteiger partial charge in [-0.05, 0) is 68.9 Å². The van der Waals surface area contributed by atoms with Gasteiger partial charge >= 0.3 is 0 Å². The summed E-state index contributed by atoms with van der Waals surface area (Å²) in [5.41, 5.74) is 5.31. The molecule has 1 N–H and O–H groups in total. The molecular weight excluding hydrogens is 402 g/mol. The Hall–Kier alpha value is -3.41. The number of aryl methyl sites for hydroxylation is 1. The minimum atomic E-state index is -0.693. The molecule has 1 atom stereocenters. The third kappa shape index (κ3) is 4.31. The molecule has 0 fully saturated rings. The molecule has 0 aliphatic heterocycles. The van der Waals surface area contributed by atoms with Crippen LogP contribution in [0, 0.1) is 6.92 Å². The van der Waals surface area contributed by atoms with Gasteiger partial charge in [-0.1, -0.05) is 36.8 Å². The molecule has 1 aliphatic rings. The van der Waals surface area contributed by atoms with Crippen LogP contribution in [0.25, 0.3) is 11.3 Å². The van der Waals surface area contributed by atoms with Crippen molar-refractivity contribution in [2.75, 3.05) is 12.4 Å². The molecule has 0 saturated carbocycles. The molecule has 0 radical (unpaired) electrons. The highest BCUT2D eigenvalue weighted by molar-refractivity contribution is 5.93. The Kier molecular flexibility index (Phi) is 6.40. The molecule has 2 aromatic carbocycles. The molecule has 4 rings (SSSR count). The lowest BCUT2D eigenvalue weighted by Crippen LogP contribution is -2.38. The van der Waals surface area contributed by atoms with E-state index in [4.69, 9.17) is 9.84 Å². The first-order chi connectivity index (χ1) is 15.5. The van der Waals surface area contributed by atoms with E-state index < -0.39 is 6.04 Å². The average molecular weight is 432 g/mol. The van der Waals surface area contributed by atoms with E-state index in [-0.39, 0.29) is 11.5 Å². The summed E-state index contributed by atoms with van der Waals surface area (Å²) in [5, 5.41) is 7.69. The first-order valence-electron chi connectivity index (χ1n) is 11.2. The highest BCUT2D eigenvalue weighted by Gasteiger charge is 2.27. The number of fused-ring (bicyclic) bond motifs is 1. The number of methoxy groups -OCH3 is 1. The minimum absolute atomic E-state index is 0.146. The van der Waals surface area contributed by atoms with Crippen LogP contribution in [-0.4, -0.2) is 22.8 Å². The van der Waals surface area contributed by atoms with Crippen molar-refractivity contribution in [1.82, 2.24) is 9.78 Å². The van der Waals surface area contributed by atoms with E-state index in [2.05, 4.69) is 17.4 Å². The normalized spacial score (nSPS) is 13.8. The summed E-state index contributed by atoms with van der Waals surface area (Å²) in [7, 11) is 1.60. The van der Waals surface area contributed by atoms with Gasteiger partial charge in [0, 0.05) is 16.8 Å². The van der Waals surface area contributed by atoms with Crippen molar-refractivity contribution in [3.8, 4) is 17.0 Å². The Bertz CT molecular complexity index is 1160. The number of hydrogen-bond acceptors (Lipinski definition) is 4. The lowest BCUT2D eigenvalue weighted by atomic mass is 9.89. The molecule has 1 aliphatic carbocycles. The number of anilines is 1. The van der Waals surface area contributed by atoms with E-state index in [0.717, 1.165) is 48.1 Å². The summed E-state index contributed by atoms with van der Waals surface area (Å²) in [6.45, 7) is 3.95. The predicted octanol–water partition coefficient (Wildman–Crippen LogP) is 4.70. The lowest BCUT2D eigenvalue weighted by Gasteiger charge is -2.24. The highest BCUT2D eigenvalue weighted by atomic mass is 16.5. The maximum Gasteiger partial charge on any atom is 0.271 e. The van der Waals surface area contributed by atoms with E-state index in [9.17, 15) is 9.59 Å². The Morgan fingerprint density at radius 1 is 1.06 bits per heavy atom. The zero-order valence-corrected chi connectivity index (χ0v) is 18.9. The number of ether oxygens (including phenoxy) is 1. The number of nitrogens with zero attached hydrogens (tertiary/aromatic N) is 2. The van der Waals surface area contributed by atoms with Gasteiger partial charge in [-0.25, -0.2) is 4.68 Å². The molecule has 0 spiro atoms. The second-order valence-electron chi connectivity index (χ2n) is 8.27. The molecule has 0 unspecified atom stereocenters. The molecule has 0 bridgehead atoms. The SMILES string of the molecule is CC[C@H](C(=O)Nc1ccc(OC)cc1)n1nc(-c2ccc(C)cc2)c2c(c1=O)CCCC2. The van der Waals surface area contributed by atoms with Crippen molar-refractivity contribution in [3.63, 3.8) is 0 Å². The van der Waals surface area contributed by atoms with Gasteiger partial charge < -0.3 is 10.1 Å². The van der Waals surface area contributed by atoms with Gasteiger partial charge in [0.25, 0.3) is 5.56 Å². The Morgan fingerprint density at radius 3 is 2.34 bits per heavy atom. The fourth-order valence-corrected chi connectivity index (χ4v) is 4.28. The van der Waals surface area contributed by atoms with Crippen molar-refractivity contribution in [2.24, 2.45) is 0 Å². The van der Waals surface area contributed by atoms with Gasteiger partial charge in [-0.3, -0.25) is 9.59 Å². The number of rotatable bonds is 6. The van der Waals surface area contributed by atoms with Gasteiger partial charge in [0.2, 0.25) is 5.91 Å². The minimum Gasteiger partial charge on any atom is -0.497 e. The van der Waals surface area contributed by atoms with E-state index in [1.165, 1.54) is 10.2 Å². The van der Waals surface area contributed by atoms with Gasteiger partial charge in [-0.2, -0.15) is 5.10 Å². The number of amides is 1. The van der Waals surface area contributed by atoms with Crippen molar-refractivity contribution in [1.29, 1.82) is 0 Å². The Labute approximate surface area is 188 Å². The summed E-state index contributed by atoms with van der Waals surface area (Å²) in [6.07, 6.45) is 4.06. The summed E-state index contributed by atoms with van der Waals surface area (Å²) in [4.78, 5) is 26.6. The number of nitrogens with one attached hydrogen (secondary N) is 1. The fraction of sp³-hybridized carbons (Fsp3) is 0.346. The number of benzene rings is 2. The van der Waals surface area contributed by atoms with Crippen LogP contribution in [0.15, 0.2) is 53.3 Å². The number of aromatic nitrogens is 2. The largest absolute Gasteiger partial charge is 0.497 e. The summed E-state index contributed by atoms with van der Waals surface area (Å²) in [5.74, 6) is 0.461. The zero-order valence-electron chi connectivity index (χ0n) is 18.9. The summed E-state index contributed by atoms with van der Waals surface area (Å²) >= 11 is 0. The van der Waals surface area contributed by atoms with Crippen LogP contribution < -0.4 is 15.6 Å². The molecule has 1 aromatic heterocycles. The van der Waals surface area contributed by atoms with Crippen molar-refractivity contribution in [3.05, 3.63) is 75.6 Å². The number of hydrogen-bond donors (Lipinski definition) is 1. The molecule has 32 heavy (non-hydrogen) atoms. The quantitative estimate of drug-likeness (QED) is 0.614. The van der Waals surface area contributed by atoms with E-state index >= 15 is 0 Å². The third-order valence-corrected chi connectivity index (χ3v) is 6.09. The van der Waals surface area contributed by atoms with Crippen LogP contribution in [0.1, 0.15) is 48.9 Å². The van der Waals surface area contributed by atoms with Gasteiger partial charge in [-0.15, -0.1) is 0 Å². The molecule has 6 nitrogen and oxygen atoms in total. The van der Waals surface area contributed by atoms with Crippen molar-refractivity contribution >= 4 is 11.6 Å². The predicted molar refractivity (Wildman–Crippen MR) is 126 cm³/mol. The van der Waals surface area contributed by atoms with Crippen LogP contribution in [0.2, 0.25) is 0 Å². The van der Waals surface area contributed by atoms with Crippen LogP contribution in [0.5, 0.6) is 5.75 Å². The summed E-state index contributed by atoms with van der Waals surface area (Å²) < 4.78 is 6.58. The van der Waals surface area contributed by atoms with Gasteiger partial charge in [0.05, 0.1) is 12.8 Å². The van der Waals surface area contributed by atoms with E-state index in [1.54, 1.807) is 31.4 Å². The standard InChI is InChI=1S/C26H29N3O3/c1-4-23(25(30)27-19-13-15-20(32-3)16-14-19)29-26(31)22-8-6-5-7-21(22)24(28-29)18-11-9-17(2)10-12-18/h9-16,23H,4-8H2,1-3H3,(H,27,30)/t23-/m1/s1. The monoisotopic (exact) mass is 431 g/mol. The highest BCUT2D eigenvalue weighted by Crippen LogP contribution is 2.29. The maximum atomic E-state index is 13.4. The lowest BCUT2D eigenvalue weighted by molar-refractivity contribution is -0.119. The van der Waals surface area contributed by atoms with Crippen LogP contribution >= 0.6 is 0 Å². The molecule has 3 aromatic rings. The average Bonchev–Trinajstić information content (AvgIpc) is 2.82. The molecule has 6 heteroatoms. The molecule has 1 heterocycles. The Morgan fingerprint density at radius 2 is 1.72 bits per heavy atom. The van der Waals surface area contributed by atoms with Crippen LogP contribution in [0.4, 0.5) is 5.69 Å². The van der Waals surface area contributed by atoms with E-state index in [0.29, 0.717) is 17.9 Å². The van der Waals surface area contributed by atoms with Gasteiger partial charge in [0.1, 0.15) is 11.8 Å². The molecule has 0 saturated heterocycles. The second kappa shape index (κ2) is 9.39. The first kappa shape index (κ1) is 21.8. The molecule has 1 amide bonds. The maximum absolute atomic E-state index is 13.4. The third-order valence-electron chi connectivity index (χ3n) is 6.09. The smallest absolute Gasteiger partial charge is 0.271 e. The Balaban J connectivity index is 1.74. The molecule has 166 valence electrons. The van der Waals surface area contributed by atoms with Crippen molar-refractivity contribution < 1.29 is 9.53 Å². The summed E-state index contributed by atoms with van der Waals surface area (Å²) in [6, 6.07) is 14.6.